The van der Waals surface area contributed by atoms with Gasteiger partial charge in [0.25, 0.3) is 0 Å². The molecule has 0 saturated heterocycles. The van der Waals surface area contributed by atoms with Gasteiger partial charge < -0.3 is 0 Å². The van der Waals surface area contributed by atoms with E-state index in [9.17, 15) is 4.39 Å². The predicted molar refractivity (Wildman–Crippen MR) is 64.7 cm³/mol. The van der Waals surface area contributed by atoms with E-state index in [-0.39, 0.29) is 0 Å². The summed E-state index contributed by atoms with van der Waals surface area (Å²) in [5.74, 6) is -0.456. The Bertz CT molecular complexity index is 543. The molecule has 0 N–H and O–H groups in total. The van der Waals surface area contributed by atoms with Crippen LogP contribution in [0.15, 0.2) is 30.6 Å². The standard InChI is InChI=1S/C11H5Cl3FN/c12-8-4-10(14)9(13)3-7(8)6-1-2-16-5-11(6)15/h1-5H. The SMILES string of the molecule is Fc1cnccc1-c1cc(Cl)c(Cl)cc1Cl. The lowest BCUT2D eigenvalue weighted by atomic mass is 10.1. The fraction of sp³-hybridized carbons (Fsp3) is 0. The fourth-order valence-corrected chi connectivity index (χ4v) is 1.97. The molecule has 0 fully saturated rings. The van der Waals surface area contributed by atoms with Crippen molar-refractivity contribution in [2.45, 2.75) is 0 Å². The van der Waals surface area contributed by atoms with E-state index in [0.29, 0.717) is 26.2 Å². The average molecular weight is 277 g/mol. The Morgan fingerprint density at radius 3 is 2.31 bits per heavy atom. The quantitative estimate of drug-likeness (QED) is 0.679. The summed E-state index contributed by atoms with van der Waals surface area (Å²) in [6.45, 7) is 0. The second-order valence-electron chi connectivity index (χ2n) is 3.10. The van der Waals surface area contributed by atoms with Gasteiger partial charge in [0.1, 0.15) is 5.82 Å². The van der Waals surface area contributed by atoms with Crippen LogP contribution in [0.1, 0.15) is 0 Å². The van der Waals surface area contributed by atoms with E-state index in [0.717, 1.165) is 6.20 Å². The third kappa shape index (κ3) is 2.14. The maximum atomic E-state index is 13.5. The average Bonchev–Trinajstić information content (AvgIpc) is 2.25. The molecule has 1 aromatic heterocycles. The summed E-state index contributed by atoms with van der Waals surface area (Å²) < 4.78 is 13.5. The van der Waals surface area contributed by atoms with E-state index < -0.39 is 5.82 Å². The van der Waals surface area contributed by atoms with Crippen molar-refractivity contribution in [2.24, 2.45) is 0 Å². The number of aromatic nitrogens is 1. The molecule has 2 rings (SSSR count). The lowest BCUT2D eigenvalue weighted by Crippen LogP contribution is -1.87. The van der Waals surface area contributed by atoms with Gasteiger partial charge in [0.2, 0.25) is 0 Å². The van der Waals surface area contributed by atoms with Crippen LogP contribution in [0, 0.1) is 5.82 Å². The van der Waals surface area contributed by atoms with Gasteiger partial charge in [-0.15, -0.1) is 0 Å². The molecular weight excluding hydrogens is 271 g/mol. The van der Waals surface area contributed by atoms with Crippen LogP contribution < -0.4 is 0 Å². The molecule has 16 heavy (non-hydrogen) atoms. The van der Waals surface area contributed by atoms with Crippen molar-refractivity contribution in [3.8, 4) is 11.1 Å². The minimum absolute atomic E-state index is 0.331. The third-order valence-corrected chi connectivity index (χ3v) is 3.11. The van der Waals surface area contributed by atoms with Crippen molar-refractivity contribution in [1.29, 1.82) is 0 Å². The molecule has 0 aliphatic heterocycles. The van der Waals surface area contributed by atoms with Crippen molar-refractivity contribution in [1.82, 2.24) is 4.98 Å². The number of hydrogen-bond acceptors (Lipinski definition) is 1. The van der Waals surface area contributed by atoms with Crippen LogP contribution in [0.25, 0.3) is 11.1 Å². The Hall–Kier alpha value is -0.830. The number of pyridine rings is 1. The minimum Gasteiger partial charge on any atom is -0.262 e. The van der Waals surface area contributed by atoms with Gasteiger partial charge in [-0.1, -0.05) is 34.8 Å². The van der Waals surface area contributed by atoms with Crippen molar-refractivity contribution in [3.63, 3.8) is 0 Å². The van der Waals surface area contributed by atoms with Gasteiger partial charge in [-0.25, -0.2) is 4.39 Å². The van der Waals surface area contributed by atoms with Crippen molar-refractivity contribution in [2.75, 3.05) is 0 Å². The summed E-state index contributed by atoms with van der Waals surface area (Å²) in [7, 11) is 0. The zero-order chi connectivity index (χ0) is 11.7. The summed E-state index contributed by atoms with van der Waals surface area (Å²) in [6.07, 6.45) is 2.60. The monoisotopic (exact) mass is 275 g/mol. The summed E-state index contributed by atoms with van der Waals surface area (Å²) in [4.78, 5) is 3.66. The molecule has 0 unspecified atom stereocenters. The number of hydrogen-bond donors (Lipinski definition) is 0. The first kappa shape index (κ1) is 11.6. The zero-order valence-electron chi connectivity index (χ0n) is 7.85. The Morgan fingerprint density at radius 2 is 1.62 bits per heavy atom. The highest BCUT2D eigenvalue weighted by Gasteiger charge is 2.11. The minimum atomic E-state index is -0.456. The van der Waals surface area contributed by atoms with E-state index in [1.807, 2.05) is 0 Å². The number of rotatable bonds is 1. The zero-order valence-corrected chi connectivity index (χ0v) is 10.1. The number of benzene rings is 1. The maximum Gasteiger partial charge on any atom is 0.149 e. The lowest BCUT2D eigenvalue weighted by molar-refractivity contribution is 0.625. The molecular formula is C11H5Cl3FN. The third-order valence-electron chi connectivity index (χ3n) is 2.07. The molecule has 82 valence electrons. The van der Waals surface area contributed by atoms with Gasteiger partial charge in [0.15, 0.2) is 0 Å². The van der Waals surface area contributed by atoms with Crippen molar-refractivity contribution >= 4 is 34.8 Å². The second kappa shape index (κ2) is 4.58. The molecule has 0 spiro atoms. The van der Waals surface area contributed by atoms with Gasteiger partial charge in [0.05, 0.1) is 21.3 Å². The van der Waals surface area contributed by atoms with Gasteiger partial charge >= 0.3 is 0 Å². The first-order valence-electron chi connectivity index (χ1n) is 4.34. The van der Waals surface area contributed by atoms with E-state index >= 15 is 0 Å². The molecule has 1 aromatic carbocycles. The molecule has 5 heteroatoms. The molecule has 0 amide bonds. The smallest absolute Gasteiger partial charge is 0.149 e. The molecule has 2 aromatic rings. The Kier molecular flexibility index (Phi) is 3.33. The van der Waals surface area contributed by atoms with Crippen LogP contribution in [-0.4, -0.2) is 4.98 Å². The van der Waals surface area contributed by atoms with Gasteiger partial charge in [-0.05, 0) is 18.2 Å². The Morgan fingerprint density at radius 1 is 0.938 bits per heavy atom. The van der Waals surface area contributed by atoms with Crippen LogP contribution in [0.4, 0.5) is 4.39 Å². The number of halogens is 4. The van der Waals surface area contributed by atoms with Crippen molar-refractivity contribution < 1.29 is 4.39 Å². The molecule has 0 atom stereocenters. The molecule has 0 radical (unpaired) electrons. The lowest BCUT2D eigenvalue weighted by Gasteiger charge is -2.07. The van der Waals surface area contributed by atoms with Crippen molar-refractivity contribution in [3.05, 3.63) is 51.5 Å². The number of nitrogens with zero attached hydrogens (tertiary/aromatic N) is 1. The fourth-order valence-electron chi connectivity index (χ4n) is 1.32. The highest BCUT2D eigenvalue weighted by atomic mass is 35.5. The summed E-state index contributed by atoms with van der Waals surface area (Å²) in [5, 5.41) is 1.02. The van der Waals surface area contributed by atoms with Gasteiger partial charge in [-0.2, -0.15) is 0 Å². The molecule has 0 aliphatic carbocycles. The van der Waals surface area contributed by atoms with E-state index in [1.165, 1.54) is 24.4 Å². The van der Waals surface area contributed by atoms with Crippen LogP contribution in [0.5, 0.6) is 0 Å². The normalized spacial score (nSPS) is 10.5. The second-order valence-corrected chi connectivity index (χ2v) is 4.32. The molecule has 1 nitrogen and oxygen atoms in total. The van der Waals surface area contributed by atoms with Crippen LogP contribution >= 0.6 is 34.8 Å². The van der Waals surface area contributed by atoms with Gasteiger partial charge in [-0.3, -0.25) is 4.98 Å². The largest absolute Gasteiger partial charge is 0.262 e. The Labute approximate surface area is 107 Å². The first-order valence-corrected chi connectivity index (χ1v) is 5.47. The predicted octanol–water partition coefficient (Wildman–Crippen LogP) is 4.85. The molecule has 0 aliphatic rings. The van der Waals surface area contributed by atoms with E-state index in [2.05, 4.69) is 4.98 Å². The Balaban J connectivity index is 2.65. The summed E-state index contributed by atoms with van der Waals surface area (Å²) >= 11 is 17.6. The van der Waals surface area contributed by atoms with Crippen LogP contribution in [-0.2, 0) is 0 Å². The highest BCUT2D eigenvalue weighted by molar-refractivity contribution is 6.44. The van der Waals surface area contributed by atoms with E-state index in [4.69, 9.17) is 34.8 Å². The van der Waals surface area contributed by atoms with E-state index in [1.54, 1.807) is 0 Å². The highest BCUT2D eigenvalue weighted by Crippen LogP contribution is 2.35. The topological polar surface area (TPSA) is 12.9 Å². The van der Waals surface area contributed by atoms with Crippen LogP contribution in [0.3, 0.4) is 0 Å². The van der Waals surface area contributed by atoms with Gasteiger partial charge in [0, 0.05) is 17.3 Å². The molecule has 1 heterocycles. The first-order chi connectivity index (χ1) is 7.59. The summed E-state index contributed by atoms with van der Waals surface area (Å²) in [6, 6.07) is 4.55. The van der Waals surface area contributed by atoms with Crippen LogP contribution in [0.2, 0.25) is 15.1 Å². The molecule has 0 saturated carbocycles. The maximum absolute atomic E-state index is 13.5. The molecule has 0 bridgehead atoms. The summed E-state index contributed by atoms with van der Waals surface area (Å²) in [5.41, 5.74) is 0.842.